The molecule has 1 aromatic carbocycles. The van der Waals surface area contributed by atoms with E-state index in [-0.39, 0.29) is 17.9 Å². The third-order valence-corrected chi connectivity index (χ3v) is 5.17. The van der Waals surface area contributed by atoms with E-state index in [9.17, 15) is 4.79 Å². The molecule has 1 rings (SSSR count). The molecule has 3 nitrogen and oxygen atoms in total. The van der Waals surface area contributed by atoms with Gasteiger partial charge in [-0.2, -0.15) is 0 Å². The molecule has 0 radical (unpaired) electrons. The monoisotopic (exact) mass is 370 g/mol. The Morgan fingerprint density at radius 2 is 1.78 bits per heavy atom. The second-order valence-corrected chi connectivity index (χ2v) is 7.85. The highest BCUT2D eigenvalue weighted by atomic mass is 16.2. The minimum absolute atomic E-state index is 0.0671. The van der Waals surface area contributed by atoms with E-state index in [1.165, 1.54) is 5.56 Å². The zero-order chi connectivity index (χ0) is 20.4. The number of hydrogen-bond acceptors (Lipinski definition) is 2. The maximum atomic E-state index is 12.9. The lowest BCUT2D eigenvalue weighted by Gasteiger charge is -2.20. The first-order valence-corrected chi connectivity index (χ1v) is 10.5. The molecule has 0 aliphatic rings. The minimum atomic E-state index is -0.0671. The fourth-order valence-corrected chi connectivity index (χ4v) is 3.04. The van der Waals surface area contributed by atoms with Gasteiger partial charge in [0.15, 0.2) is 0 Å². The van der Waals surface area contributed by atoms with Gasteiger partial charge in [0.2, 0.25) is 0 Å². The van der Waals surface area contributed by atoms with Crippen LogP contribution in [0.4, 0.5) is 0 Å². The van der Waals surface area contributed by atoms with E-state index in [1.54, 1.807) is 0 Å². The Kier molecular flexibility index (Phi) is 10.1. The molecule has 27 heavy (non-hydrogen) atoms. The van der Waals surface area contributed by atoms with Gasteiger partial charge in [0.05, 0.1) is 5.71 Å². The summed E-state index contributed by atoms with van der Waals surface area (Å²) in [4.78, 5) is 17.7. The maximum Gasteiger partial charge on any atom is 0.269 e. The summed E-state index contributed by atoms with van der Waals surface area (Å²) in [5.74, 6) is 0.868. The average Bonchev–Trinajstić information content (AvgIpc) is 2.66. The Morgan fingerprint density at radius 3 is 2.30 bits per heavy atom. The van der Waals surface area contributed by atoms with Crippen molar-refractivity contribution in [2.75, 3.05) is 0 Å². The molecule has 0 saturated heterocycles. The summed E-state index contributed by atoms with van der Waals surface area (Å²) in [5, 5.41) is 3.19. The van der Waals surface area contributed by atoms with E-state index in [4.69, 9.17) is 4.99 Å². The van der Waals surface area contributed by atoms with Crippen molar-refractivity contribution in [1.82, 2.24) is 5.32 Å². The van der Waals surface area contributed by atoms with Gasteiger partial charge in [-0.1, -0.05) is 65.0 Å². The summed E-state index contributed by atoms with van der Waals surface area (Å²) in [6, 6.07) is 8.48. The zero-order valence-electron chi connectivity index (χ0n) is 18.3. The molecule has 0 spiro atoms. The van der Waals surface area contributed by atoms with Crippen LogP contribution in [0.5, 0.6) is 0 Å². The van der Waals surface area contributed by atoms with Crippen LogP contribution in [0.3, 0.4) is 0 Å². The molecule has 2 unspecified atom stereocenters. The minimum Gasteiger partial charge on any atom is -0.348 e. The first-order valence-electron chi connectivity index (χ1n) is 10.5. The normalized spacial score (nSPS) is 15.0. The van der Waals surface area contributed by atoms with Crippen molar-refractivity contribution < 1.29 is 4.79 Å². The average molecular weight is 371 g/mol. The van der Waals surface area contributed by atoms with Gasteiger partial charge in [0, 0.05) is 6.04 Å². The lowest BCUT2D eigenvalue weighted by atomic mass is 9.93. The molecule has 150 valence electrons. The summed E-state index contributed by atoms with van der Waals surface area (Å²) in [5.41, 5.74) is 3.83. The summed E-state index contributed by atoms with van der Waals surface area (Å²) in [7, 11) is 0. The van der Waals surface area contributed by atoms with Crippen LogP contribution in [0.2, 0.25) is 0 Å². The van der Waals surface area contributed by atoms with Gasteiger partial charge in [-0.25, -0.2) is 4.99 Å². The van der Waals surface area contributed by atoms with E-state index in [1.807, 2.05) is 25.1 Å². The molecule has 0 heterocycles. The number of hydrogen-bond donors (Lipinski definition) is 1. The number of nitrogens with zero attached hydrogens (tertiary/aromatic N) is 1. The summed E-state index contributed by atoms with van der Waals surface area (Å²) >= 11 is 0. The number of benzene rings is 1. The van der Waals surface area contributed by atoms with Gasteiger partial charge in [-0.3, -0.25) is 4.79 Å². The molecule has 0 saturated carbocycles. The van der Waals surface area contributed by atoms with Crippen molar-refractivity contribution in [1.29, 1.82) is 0 Å². The van der Waals surface area contributed by atoms with Crippen molar-refractivity contribution in [3.8, 4) is 0 Å². The third-order valence-electron chi connectivity index (χ3n) is 5.17. The maximum absolute atomic E-state index is 12.9. The molecule has 0 aromatic heterocycles. The SMILES string of the molecule is C/C=C(\N=C(c1ccccc1C)C(C)CC)C(=O)NC(CC)CCC(C)C. The topological polar surface area (TPSA) is 41.5 Å². The Hall–Kier alpha value is -1.90. The predicted molar refractivity (Wildman–Crippen MR) is 117 cm³/mol. The highest BCUT2D eigenvalue weighted by Gasteiger charge is 2.18. The number of aryl methyl sites for hydroxylation is 1. The number of nitrogens with one attached hydrogen (secondary N) is 1. The Bertz CT molecular complexity index is 658. The number of amides is 1. The number of rotatable bonds is 10. The van der Waals surface area contributed by atoms with Crippen LogP contribution < -0.4 is 5.32 Å². The molecule has 1 amide bonds. The van der Waals surface area contributed by atoms with E-state index in [0.29, 0.717) is 11.6 Å². The number of allylic oxidation sites excluding steroid dienone is 1. The van der Waals surface area contributed by atoms with Crippen LogP contribution in [0.1, 0.15) is 78.4 Å². The number of carbonyl (C=O) groups excluding carboxylic acids is 1. The number of aliphatic imine (C=N–C) groups is 1. The van der Waals surface area contributed by atoms with Crippen LogP contribution in [0.25, 0.3) is 0 Å². The summed E-state index contributed by atoms with van der Waals surface area (Å²) in [6.07, 6.45) is 5.88. The molecule has 2 atom stereocenters. The molecule has 1 N–H and O–H groups in total. The molecule has 1 aromatic rings. The van der Waals surface area contributed by atoms with Crippen molar-refractivity contribution in [2.45, 2.75) is 80.2 Å². The molecule has 3 heteroatoms. The number of carbonyl (C=O) groups is 1. The Labute approximate surface area is 166 Å². The molecule has 0 bridgehead atoms. The van der Waals surface area contributed by atoms with Gasteiger partial charge >= 0.3 is 0 Å². The van der Waals surface area contributed by atoms with Crippen LogP contribution in [0, 0.1) is 18.8 Å². The van der Waals surface area contributed by atoms with E-state index in [2.05, 4.69) is 59.0 Å². The largest absolute Gasteiger partial charge is 0.348 e. The lowest BCUT2D eigenvalue weighted by molar-refractivity contribution is -0.118. The van der Waals surface area contributed by atoms with Gasteiger partial charge in [0.25, 0.3) is 5.91 Å². The van der Waals surface area contributed by atoms with Crippen LogP contribution >= 0.6 is 0 Å². The zero-order valence-corrected chi connectivity index (χ0v) is 18.3. The van der Waals surface area contributed by atoms with Crippen LogP contribution in [-0.2, 0) is 4.79 Å². The predicted octanol–water partition coefficient (Wildman–Crippen LogP) is 6.07. The highest BCUT2D eigenvalue weighted by Crippen LogP contribution is 2.19. The lowest BCUT2D eigenvalue weighted by Crippen LogP contribution is -2.35. The first-order chi connectivity index (χ1) is 12.8. The quantitative estimate of drug-likeness (QED) is 0.394. The Balaban J connectivity index is 3.09. The van der Waals surface area contributed by atoms with E-state index < -0.39 is 0 Å². The van der Waals surface area contributed by atoms with E-state index >= 15 is 0 Å². The smallest absolute Gasteiger partial charge is 0.269 e. The van der Waals surface area contributed by atoms with Crippen LogP contribution in [-0.4, -0.2) is 17.7 Å². The third kappa shape index (κ3) is 7.32. The second-order valence-electron chi connectivity index (χ2n) is 7.85. The second kappa shape index (κ2) is 11.7. The van der Waals surface area contributed by atoms with Gasteiger partial charge < -0.3 is 5.32 Å². The highest BCUT2D eigenvalue weighted by molar-refractivity contribution is 6.06. The molecular formula is C24H38N2O. The first kappa shape index (κ1) is 23.1. The van der Waals surface area contributed by atoms with E-state index in [0.717, 1.165) is 37.0 Å². The summed E-state index contributed by atoms with van der Waals surface area (Å²) < 4.78 is 0. The van der Waals surface area contributed by atoms with Crippen molar-refractivity contribution in [2.24, 2.45) is 16.8 Å². The fraction of sp³-hybridized carbons (Fsp3) is 0.583. The van der Waals surface area contributed by atoms with Crippen molar-refractivity contribution in [3.05, 3.63) is 47.2 Å². The fourth-order valence-electron chi connectivity index (χ4n) is 3.04. The van der Waals surface area contributed by atoms with Crippen LogP contribution in [0.15, 0.2) is 41.0 Å². The standard InChI is InChI=1S/C24H38N2O/c1-8-18(6)23(21-14-12-11-13-19(21)7)26-22(10-3)24(27)25-20(9-2)16-15-17(4)5/h10-14,17-18,20H,8-9,15-16H2,1-7H3,(H,25,27)/b22-10-,26-23?. The molecule has 0 aliphatic carbocycles. The van der Waals surface area contributed by atoms with Crippen molar-refractivity contribution in [3.63, 3.8) is 0 Å². The summed E-state index contributed by atoms with van der Waals surface area (Å²) in [6.45, 7) is 14.9. The van der Waals surface area contributed by atoms with Gasteiger partial charge in [0.1, 0.15) is 5.70 Å². The molecule has 0 aliphatic heterocycles. The Morgan fingerprint density at radius 1 is 1.11 bits per heavy atom. The molecule has 0 fully saturated rings. The van der Waals surface area contributed by atoms with Crippen molar-refractivity contribution >= 4 is 11.6 Å². The van der Waals surface area contributed by atoms with Gasteiger partial charge in [-0.15, -0.1) is 0 Å². The van der Waals surface area contributed by atoms with Gasteiger partial charge in [-0.05, 0) is 62.5 Å². The molecular weight excluding hydrogens is 332 g/mol.